The van der Waals surface area contributed by atoms with Gasteiger partial charge in [0.2, 0.25) is 5.91 Å². The molecule has 0 aliphatic carbocycles. The van der Waals surface area contributed by atoms with Crippen LogP contribution in [0, 0.1) is 0 Å². The molecule has 0 fully saturated rings. The summed E-state index contributed by atoms with van der Waals surface area (Å²) in [5.41, 5.74) is 7.36. The lowest BCUT2D eigenvalue weighted by molar-refractivity contribution is -0.122. The van der Waals surface area contributed by atoms with Crippen molar-refractivity contribution in [1.29, 1.82) is 0 Å². The lowest BCUT2D eigenvalue weighted by atomic mass is 10.1. The molecule has 112 valence electrons. The molecule has 0 radical (unpaired) electrons. The number of carbonyl (C=O) groups is 1. The van der Waals surface area contributed by atoms with Gasteiger partial charge in [-0.2, -0.15) is 0 Å². The molecule has 21 heavy (non-hydrogen) atoms. The van der Waals surface area contributed by atoms with E-state index in [1.54, 1.807) is 18.7 Å². The van der Waals surface area contributed by atoms with Gasteiger partial charge in [-0.25, -0.2) is 9.97 Å². The Balaban J connectivity index is 2.08. The Kier molecular flexibility index (Phi) is 4.26. The minimum atomic E-state index is -0.220. The van der Waals surface area contributed by atoms with Gasteiger partial charge in [-0.15, -0.1) is 0 Å². The summed E-state index contributed by atoms with van der Waals surface area (Å²) in [6, 6.07) is 3.72. The van der Waals surface area contributed by atoms with E-state index in [9.17, 15) is 4.79 Å². The van der Waals surface area contributed by atoms with Crippen molar-refractivity contribution >= 4 is 11.7 Å². The van der Waals surface area contributed by atoms with Crippen LogP contribution in [0.25, 0.3) is 11.3 Å². The molecule has 0 saturated heterocycles. The van der Waals surface area contributed by atoms with Gasteiger partial charge in [-0.3, -0.25) is 4.79 Å². The fourth-order valence-electron chi connectivity index (χ4n) is 2.06. The number of carbonyl (C=O) groups excluding carboxylic acids is 1. The Bertz CT molecular complexity index is 627. The molecule has 1 amide bonds. The first kappa shape index (κ1) is 15.0. The summed E-state index contributed by atoms with van der Waals surface area (Å²) in [5.74, 6) is 0.472. The number of nitrogen functional groups attached to an aromatic ring is 1. The fraction of sp³-hybridized carbons (Fsp3) is 0.400. The van der Waals surface area contributed by atoms with Gasteiger partial charge in [-0.05, 0) is 32.9 Å². The lowest BCUT2D eigenvalue weighted by Gasteiger charge is -2.20. The number of anilines is 1. The van der Waals surface area contributed by atoms with E-state index in [-0.39, 0.29) is 11.4 Å². The molecule has 2 aromatic rings. The number of amides is 1. The van der Waals surface area contributed by atoms with E-state index in [2.05, 4.69) is 15.3 Å². The van der Waals surface area contributed by atoms with Crippen molar-refractivity contribution in [3.63, 3.8) is 0 Å². The number of hydrogen-bond donors (Lipinski definition) is 2. The molecule has 0 aliphatic rings. The molecule has 0 saturated carbocycles. The monoisotopic (exact) mass is 287 g/mol. The van der Waals surface area contributed by atoms with Crippen LogP contribution in [0.4, 0.5) is 5.82 Å². The Morgan fingerprint density at radius 2 is 2.19 bits per heavy atom. The standard InChI is InChI=1S/C15H21N5O/c1-15(2,3)19-13(21)6-8-20-10-17-9-12(20)11-5-4-7-18-14(11)16/h4-5,7,9-10H,6,8H2,1-3H3,(H2,16,18)(H,19,21). The van der Waals surface area contributed by atoms with Crippen molar-refractivity contribution in [3.05, 3.63) is 30.9 Å². The molecule has 0 aromatic carbocycles. The maximum absolute atomic E-state index is 11.9. The number of pyridine rings is 1. The average molecular weight is 287 g/mol. The smallest absolute Gasteiger partial charge is 0.222 e. The SMILES string of the molecule is CC(C)(C)NC(=O)CCn1cncc1-c1cccnc1N. The van der Waals surface area contributed by atoms with Crippen LogP contribution in [0.1, 0.15) is 27.2 Å². The second-order valence-corrected chi connectivity index (χ2v) is 5.96. The van der Waals surface area contributed by atoms with E-state index >= 15 is 0 Å². The zero-order chi connectivity index (χ0) is 15.5. The first-order valence-electron chi connectivity index (χ1n) is 6.89. The largest absolute Gasteiger partial charge is 0.383 e. The molecule has 0 bridgehead atoms. The maximum Gasteiger partial charge on any atom is 0.222 e. The molecular formula is C15H21N5O. The number of hydrogen-bond acceptors (Lipinski definition) is 4. The number of aryl methyl sites for hydroxylation is 1. The van der Waals surface area contributed by atoms with Gasteiger partial charge in [0, 0.05) is 30.3 Å². The summed E-state index contributed by atoms with van der Waals surface area (Å²) in [7, 11) is 0. The Labute approximate surface area is 124 Å². The summed E-state index contributed by atoms with van der Waals surface area (Å²) in [6.45, 7) is 6.43. The minimum Gasteiger partial charge on any atom is -0.383 e. The second kappa shape index (κ2) is 5.95. The van der Waals surface area contributed by atoms with Crippen molar-refractivity contribution in [3.8, 4) is 11.3 Å². The summed E-state index contributed by atoms with van der Waals surface area (Å²) in [5, 5.41) is 2.94. The molecule has 0 aliphatic heterocycles. The van der Waals surface area contributed by atoms with Gasteiger partial charge in [0.05, 0.1) is 18.2 Å². The lowest BCUT2D eigenvalue weighted by Crippen LogP contribution is -2.40. The first-order valence-corrected chi connectivity index (χ1v) is 6.89. The van der Waals surface area contributed by atoms with Crippen LogP contribution in [-0.2, 0) is 11.3 Å². The number of aromatic nitrogens is 3. The highest BCUT2D eigenvalue weighted by atomic mass is 16.1. The van der Waals surface area contributed by atoms with Crippen LogP contribution in [-0.4, -0.2) is 26.0 Å². The van der Waals surface area contributed by atoms with Gasteiger partial charge in [-0.1, -0.05) is 0 Å². The van der Waals surface area contributed by atoms with Gasteiger partial charge in [0.1, 0.15) is 5.82 Å². The predicted molar refractivity (Wildman–Crippen MR) is 82.4 cm³/mol. The zero-order valence-corrected chi connectivity index (χ0v) is 12.6. The summed E-state index contributed by atoms with van der Waals surface area (Å²) < 4.78 is 1.91. The predicted octanol–water partition coefficient (Wildman–Crippen LogP) is 1.83. The minimum absolute atomic E-state index is 0.0151. The van der Waals surface area contributed by atoms with Crippen LogP contribution in [0.15, 0.2) is 30.9 Å². The highest BCUT2D eigenvalue weighted by Crippen LogP contribution is 2.23. The van der Waals surface area contributed by atoms with Gasteiger partial charge < -0.3 is 15.6 Å². The van der Waals surface area contributed by atoms with Crippen molar-refractivity contribution in [1.82, 2.24) is 19.9 Å². The van der Waals surface area contributed by atoms with E-state index in [0.29, 0.717) is 18.8 Å². The summed E-state index contributed by atoms with van der Waals surface area (Å²) in [6.07, 6.45) is 5.47. The first-order chi connectivity index (χ1) is 9.87. The van der Waals surface area contributed by atoms with Crippen molar-refractivity contribution in [2.24, 2.45) is 0 Å². The number of nitrogens with zero attached hydrogens (tertiary/aromatic N) is 3. The van der Waals surface area contributed by atoms with Crippen LogP contribution in [0.2, 0.25) is 0 Å². The molecule has 6 heteroatoms. The molecule has 2 rings (SSSR count). The van der Waals surface area contributed by atoms with E-state index in [1.807, 2.05) is 37.5 Å². The van der Waals surface area contributed by atoms with E-state index in [4.69, 9.17) is 5.73 Å². The van der Waals surface area contributed by atoms with Crippen LogP contribution in [0.5, 0.6) is 0 Å². The Morgan fingerprint density at radius 3 is 2.86 bits per heavy atom. The molecule has 3 N–H and O–H groups in total. The number of nitrogens with two attached hydrogens (primary N) is 1. The topological polar surface area (TPSA) is 85.8 Å². The van der Waals surface area contributed by atoms with Crippen molar-refractivity contribution in [2.75, 3.05) is 5.73 Å². The normalized spacial score (nSPS) is 11.4. The van der Waals surface area contributed by atoms with E-state index in [1.165, 1.54) is 0 Å². The highest BCUT2D eigenvalue weighted by molar-refractivity contribution is 5.76. The number of imidazole rings is 1. The maximum atomic E-state index is 11.9. The highest BCUT2D eigenvalue weighted by Gasteiger charge is 2.14. The summed E-state index contributed by atoms with van der Waals surface area (Å²) in [4.78, 5) is 20.1. The molecule has 0 unspecified atom stereocenters. The van der Waals surface area contributed by atoms with Crippen molar-refractivity contribution < 1.29 is 4.79 Å². The van der Waals surface area contributed by atoms with Crippen LogP contribution >= 0.6 is 0 Å². The molecule has 0 spiro atoms. The molecule has 2 heterocycles. The van der Waals surface area contributed by atoms with Gasteiger partial charge in [0.15, 0.2) is 0 Å². The zero-order valence-electron chi connectivity index (χ0n) is 12.6. The molecule has 6 nitrogen and oxygen atoms in total. The quantitative estimate of drug-likeness (QED) is 0.898. The van der Waals surface area contributed by atoms with Crippen LogP contribution in [0.3, 0.4) is 0 Å². The average Bonchev–Trinajstić information content (AvgIpc) is 2.83. The van der Waals surface area contributed by atoms with E-state index < -0.39 is 0 Å². The molecular weight excluding hydrogens is 266 g/mol. The number of rotatable bonds is 4. The van der Waals surface area contributed by atoms with Crippen LogP contribution < -0.4 is 11.1 Å². The van der Waals surface area contributed by atoms with Crippen molar-refractivity contribution in [2.45, 2.75) is 39.3 Å². The summed E-state index contributed by atoms with van der Waals surface area (Å²) >= 11 is 0. The third-order valence-electron chi connectivity index (χ3n) is 2.92. The molecule has 0 atom stereocenters. The third kappa shape index (κ3) is 4.05. The fourth-order valence-corrected chi connectivity index (χ4v) is 2.06. The molecule has 2 aromatic heterocycles. The Hall–Kier alpha value is -2.37. The second-order valence-electron chi connectivity index (χ2n) is 5.96. The Morgan fingerprint density at radius 1 is 1.43 bits per heavy atom. The number of nitrogens with one attached hydrogen (secondary N) is 1. The third-order valence-corrected chi connectivity index (χ3v) is 2.92. The van der Waals surface area contributed by atoms with Gasteiger partial charge >= 0.3 is 0 Å². The van der Waals surface area contributed by atoms with E-state index in [0.717, 1.165) is 11.3 Å². The van der Waals surface area contributed by atoms with Gasteiger partial charge in [0.25, 0.3) is 0 Å².